The number of aromatic amines is 1. The minimum absolute atomic E-state index is 0.00314. The number of H-pyrrole nitrogens is 1. The lowest BCUT2D eigenvalue weighted by molar-refractivity contribution is -0.385. The SMILES string of the molecule is Cc1cc(C)c([N+](=O)[O-])cc1NC(=O)NC1CCc2[nH]ncc2C1. The number of nitro benzene ring substituents is 1. The van der Waals surface area contributed by atoms with Crippen molar-refractivity contribution in [2.24, 2.45) is 0 Å². The van der Waals surface area contributed by atoms with Crippen LogP contribution >= 0.6 is 0 Å². The third kappa shape index (κ3) is 3.22. The van der Waals surface area contributed by atoms with Gasteiger partial charge in [0.25, 0.3) is 5.69 Å². The number of nitro groups is 1. The van der Waals surface area contributed by atoms with Crippen LogP contribution in [0.3, 0.4) is 0 Å². The molecule has 126 valence electrons. The number of anilines is 1. The predicted molar refractivity (Wildman–Crippen MR) is 89.1 cm³/mol. The van der Waals surface area contributed by atoms with E-state index < -0.39 is 4.92 Å². The lowest BCUT2D eigenvalue weighted by atomic mass is 9.94. The van der Waals surface area contributed by atoms with E-state index in [0.717, 1.165) is 36.1 Å². The highest BCUT2D eigenvalue weighted by Gasteiger charge is 2.22. The maximum Gasteiger partial charge on any atom is 0.319 e. The molecule has 0 fully saturated rings. The van der Waals surface area contributed by atoms with Crippen molar-refractivity contribution in [1.29, 1.82) is 0 Å². The van der Waals surface area contributed by atoms with E-state index >= 15 is 0 Å². The third-order valence-corrected chi connectivity index (χ3v) is 4.34. The van der Waals surface area contributed by atoms with E-state index in [0.29, 0.717) is 11.3 Å². The molecule has 1 aliphatic carbocycles. The van der Waals surface area contributed by atoms with E-state index in [1.165, 1.54) is 6.07 Å². The summed E-state index contributed by atoms with van der Waals surface area (Å²) >= 11 is 0. The molecule has 0 spiro atoms. The Hall–Kier alpha value is -2.90. The first-order chi connectivity index (χ1) is 11.4. The fourth-order valence-electron chi connectivity index (χ4n) is 3.06. The van der Waals surface area contributed by atoms with Crippen molar-refractivity contribution in [3.63, 3.8) is 0 Å². The van der Waals surface area contributed by atoms with Crippen molar-refractivity contribution in [2.45, 2.75) is 39.2 Å². The van der Waals surface area contributed by atoms with Gasteiger partial charge < -0.3 is 10.6 Å². The smallest absolute Gasteiger partial charge is 0.319 e. The fraction of sp³-hybridized carbons (Fsp3) is 0.375. The Labute approximate surface area is 138 Å². The number of fused-ring (bicyclic) bond motifs is 1. The van der Waals surface area contributed by atoms with Gasteiger partial charge in [-0.15, -0.1) is 0 Å². The second kappa shape index (κ2) is 6.31. The first-order valence-corrected chi connectivity index (χ1v) is 7.78. The summed E-state index contributed by atoms with van der Waals surface area (Å²) in [5, 5.41) is 23.7. The molecular formula is C16H19N5O3. The third-order valence-electron chi connectivity index (χ3n) is 4.34. The number of hydrogen-bond donors (Lipinski definition) is 3. The standard InChI is InChI=1S/C16H19N5O3/c1-9-5-10(2)15(21(23)24)7-14(9)19-16(22)18-12-3-4-13-11(6-12)8-17-20-13/h5,7-8,12H,3-4,6H2,1-2H3,(H,17,20)(H2,18,19,22). The minimum Gasteiger partial charge on any atom is -0.335 e. The average molecular weight is 329 g/mol. The normalized spacial score (nSPS) is 16.3. The molecular weight excluding hydrogens is 310 g/mol. The molecule has 1 atom stereocenters. The van der Waals surface area contributed by atoms with Crippen LogP contribution in [0.4, 0.5) is 16.2 Å². The zero-order valence-electron chi connectivity index (χ0n) is 13.5. The highest BCUT2D eigenvalue weighted by molar-refractivity contribution is 5.90. The summed E-state index contributed by atoms with van der Waals surface area (Å²) in [6.45, 7) is 3.49. The van der Waals surface area contributed by atoms with Crippen molar-refractivity contribution < 1.29 is 9.72 Å². The molecule has 0 bridgehead atoms. The van der Waals surface area contributed by atoms with Gasteiger partial charge in [0.05, 0.1) is 16.8 Å². The number of hydrogen-bond acceptors (Lipinski definition) is 4. The second-order valence-electron chi connectivity index (χ2n) is 6.12. The lowest BCUT2D eigenvalue weighted by Gasteiger charge is -2.23. The van der Waals surface area contributed by atoms with Crippen LogP contribution in [0, 0.1) is 24.0 Å². The van der Waals surface area contributed by atoms with Crippen LogP contribution in [0.2, 0.25) is 0 Å². The Morgan fingerprint density at radius 2 is 2.17 bits per heavy atom. The zero-order valence-corrected chi connectivity index (χ0v) is 13.5. The summed E-state index contributed by atoms with van der Waals surface area (Å²) in [5.74, 6) is 0. The molecule has 8 nitrogen and oxygen atoms in total. The molecule has 24 heavy (non-hydrogen) atoms. The number of amides is 2. The minimum atomic E-state index is -0.445. The Bertz CT molecular complexity index is 799. The maximum atomic E-state index is 12.2. The van der Waals surface area contributed by atoms with Crippen LogP contribution in [0.25, 0.3) is 0 Å². The Balaban J connectivity index is 1.67. The van der Waals surface area contributed by atoms with Crippen LogP contribution in [0.1, 0.15) is 28.8 Å². The molecule has 0 saturated heterocycles. The molecule has 2 aromatic rings. The number of aromatic nitrogens is 2. The molecule has 1 heterocycles. The van der Waals surface area contributed by atoms with Crippen molar-refractivity contribution in [1.82, 2.24) is 15.5 Å². The van der Waals surface area contributed by atoms with Crippen LogP contribution in [-0.4, -0.2) is 27.2 Å². The van der Waals surface area contributed by atoms with Gasteiger partial charge in [-0.05, 0) is 50.3 Å². The number of nitrogens with zero attached hydrogens (tertiary/aromatic N) is 2. The highest BCUT2D eigenvalue weighted by atomic mass is 16.6. The van der Waals surface area contributed by atoms with Crippen molar-refractivity contribution in [2.75, 3.05) is 5.32 Å². The molecule has 1 aromatic heterocycles. The highest BCUT2D eigenvalue weighted by Crippen LogP contribution is 2.26. The number of carbonyl (C=O) groups excluding carboxylic acids is 1. The number of nitrogens with one attached hydrogen (secondary N) is 3. The Morgan fingerprint density at radius 1 is 1.38 bits per heavy atom. The first-order valence-electron chi connectivity index (χ1n) is 7.78. The number of carbonyl (C=O) groups is 1. The topological polar surface area (TPSA) is 113 Å². The maximum absolute atomic E-state index is 12.2. The van der Waals surface area contributed by atoms with Crippen molar-refractivity contribution in [3.05, 3.63) is 50.8 Å². The van der Waals surface area contributed by atoms with Gasteiger partial charge in [0.15, 0.2) is 0 Å². The molecule has 1 unspecified atom stereocenters. The molecule has 8 heteroatoms. The van der Waals surface area contributed by atoms with E-state index in [9.17, 15) is 14.9 Å². The number of benzene rings is 1. The van der Waals surface area contributed by atoms with Gasteiger partial charge in [0.1, 0.15) is 0 Å². The molecule has 0 saturated carbocycles. The van der Waals surface area contributed by atoms with E-state index in [1.807, 2.05) is 6.92 Å². The first kappa shape index (κ1) is 16.0. The van der Waals surface area contributed by atoms with Crippen LogP contribution in [0.5, 0.6) is 0 Å². The van der Waals surface area contributed by atoms with Gasteiger partial charge in [-0.1, -0.05) is 0 Å². The Morgan fingerprint density at radius 3 is 2.92 bits per heavy atom. The van der Waals surface area contributed by atoms with E-state index in [2.05, 4.69) is 20.8 Å². The second-order valence-corrected chi connectivity index (χ2v) is 6.12. The number of aryl methyl sites for hydroxylation is 3. The molecule has 0 radical (unpaired) electrons. The lowest BCUT2D eigenvalue weighted by Crippen LogP contribution is -2.41. The summed E-state index contributed by atoms with van der Waals surface area (Å²) < 4.78 is 0. The summed E-state index contributed by atoms with van der Waals surface area (Å²) in [6.07, 6.45) is 4.19. The number of urea groups is 1. The fourth-order valence-corrected chi connectivity index (χ4v) is 3.06. The van der Waals surface area contributed by atoms with Crippen LogP contribution in [-0.2, 0) is 12.8 Å². The largest absolute Gasteiger partial charge is 0.335 e. The Kier molecular flexibility index (Phi) is 4.20. The van der Waals surface area contributed by atoms with Crippen molar-refractivity contribution >= 4 is 17.4 Å². The van der Waals surface area contributed by atoms with Gasteiger partial charge in [-0.2, -0.15) is 5.10 Å². The van der Waals surface area contributed by atoms with Gasteiger partial charge in [0.2, 0.25) is 0 Å². The van der Waals surface area contributed by atoms with Gasteiger partial charge in [-0.25, -0.2) is 4.79 Å². The molecule has 3 N–H and O–H groups in total. The van der Waals surface area contributed by atoms with Crippen LogP contribution in [0.15, 0.2) is 18.3 Å². The molecule has 3 rings (SSSR count). The van der Waals surface area contributed by atoms with Crippen molar-refractivity contribution in [3.8, 4) is 0 Å². The predicted octanol–water partition coefficient (Wildman–Crippen LogP) is 2.61. The quantitative estimate of drug-likeness (QED) is 0.593. The van der Waals surface area contributed by atoms with Gasteiger partial charge in [-0.3, -0.25) is 15.2 Å². The van der Waals surface area contributed by atoms with Gasteiger partial charge >= 0.3 is 6.03 Å². The van der Waals surface area contributed by atoms with E-state index in [-0.39, 0.29) is 17.8 Å². The van der Waals surface area contributed by atoms with Gasteiger partial charge in [0, 0.05) is 23.4 Å². The molecule has 1 aromatic carbocycles. The molecule has 0 aliphatic heterocycles. The summed E-state index contributed by atoms with van der Waals surface area (Å²) in [4.78, 5) is 22.8. The monoisotopic (exact) mass is 329 g/mol. The molecule has 1 aliphatic rings. The van der Waals surface area contributed by atoms with E-state index in [4.69, 9.17) is 0 Å². The zero-order chi connectivity index (χ0) is 17.3. The van der Waals surface area contributed by atoms with Crippen LogP contribution < -0.4 is 10.6 Å². The summed E-state index contributed by atoms with van der Waals surface area (Å²) in [7, 11) is 0. The summed E-state index contributed by atoms with van der Waals surface area (Å²) in [5.41, 5.74) is 4.05. The summed E-state index contributed by atoms with van der Waals surface area (Å²) in [6, 6.07) is 2.77. The average Bonchev–Trinajstić information content (AvgIpc) is 2.97. The number of rotatable bonds is 3. The molecule has 2 amide bonds. The van der Waals surface area contributed by atoms with E-state index in [1.54, 1.807) is 19.2 Å².